The second kappa shape index (κ2) is 7.07. The quantitative estimate of drug-likeness (QED) is 0.716. The van der Waals surface area contributed by atoms with Crippen LogP contribution in [-0.2, 0) is 22.6 Å². The zero-order chi connectivity index (χ0) is 17.9. The lowest BCUT2D eigenvalue weighted by atomic mass is 10.1. The van der Waals surface area contributed by atoms with Crippen molar-refractivity contribution in [2.75, 3.05) is 13.1 Å². The highest BCUT2D eigenvalue weighted by Gasteiger charge is 2.34. The van der Waals surface area contributed by atoms with Crippen molar-refractivity contribution in [3.8, 4) is 0 Å². The number of hydrogen-bond donors (Lipinski definition) is 2. The van der Waals surface area contributed by atoms with Gasteiger partial charge in [-0.3, -0.25) is 9.59 Å². The van der Waals surface area contributed by atoms with E-state index in [0.29, 0.717) is 19.6 Å². The van der Waals surface area contributed by atoms with Crippen molar-refractivity contribution in [2.45, 2.75) is 19.4 Å². The Morgan fingerprint density at radius 2 is 2.15 bits per heavy atom. The summed E-state index contributed by atoms with van der Waals surface area (Å²) in [6.45, 7) is 1.42. The first kappa shape index (κ1) is 16.4. The number of H-pyrrole nitrogens is 1. The molecule has 4 rings (SSSR count). The van der Waals surface area contributed by atoms with E-state index in [9.17, 15) is 9.59 Å². The van der Waals surface area contributed by atoms with Crippen LogP contribution in [0.15, 0.2) is 53.3 Å². The number of rotatable bonds is 6. The van der Waals surface area contributed by atoms with Gasteiger partial charge in [-0.25, -0.2) is 0 Å². The van der Waals surface area contributed by atoms with Gasteiger partial charge in [0.1, 0.15) is 5.76 Å². The molecule has 1 atom stereocenters. The molecule has 6 nitrogen and oxygen atoms in total. The summed E-state index contributed by atoms with van der Waals surface area (Å²) in [5.74, 6) is 0.387. The van der Waals surface area contributed by atoms with E-state index in [1.165, 1.54) is 10.9 Å². The number of carbonyl (C=O) groups excluding carboxylic acids is 2. The fourth-order valence-electron chi connectivity index (χ4n) is 3.49. The fourth-order valence-corrected chi connectivity index (χ4v) is 3.49. The number of nitrogens with one attached hydrogen (secondary N) is 2. The normalized spacial score (nSPS) is 17.2. The Balaban J connectivity index is 1.29. The lowest BCUT2D eigenvalue weighted by molar-refractivity contribution is -0.129. The summed E-state index contributed by atoms with van der Waals surface area (Å²) < 4.78 is 5.28. The molecular formula is C20H21N3O3. The van der Waals surface area contributed by atoms with Gasteiger partial charge < -0.3 is 19.6 Å². The Bertz CT molecular complexity index is 913. The molecular weight excluding hydrogens is 330 g/mol. The predicted octanol–water partition coefficient (Wildman–Crippen LogP) is 2.47. The maximum absolute atomic E-state index is 12.4. The number of aromatic nitrogens is 1. The molecule has 2 aromatic heterocycles. The van der Waals surface area contributed by atoms with Gasteiger partial charge in [-0.2, -0.15) is 0 Å². The molecule has 1 unspecified atom stereocenters. The average molecular weight is 351 g/mol. The third kappa shape index (κ3) is 3.35. The van der Waals surface area contributed by atoms with E-state index in [0.717, 1.165) is 17.7 Å². The molecule has 134 valence electrons. The number of aromatic amines is 1. The smallest absolute Gasteiger partial charge is 0.225 e. The Morgan fingerprint density at radius 3 is 3.00 bits per heavy atom. The first-order chi connectivity index (χ1) is 12.7. The van der Waals surface area contributed by atoms with Gasteiger partial charge in [0.25, 0.3) is 0 Å². The lowest BCUT2D eigenvalue weighted by Crippen LogP contribution is -2.34. The van der Waals surface area contributed by atoms with Crippen LogP contribution in [0.2, 0.25) is 0 Å². The number of likely N-dealkylation sites (tertiary alicyclic amines) is 1. The summed E-state index contributed by atoms with van der Waals surface area (Å²) >= 11 is 0. The van der Waals surface area contributed by atoms with Crippen molar-refractivity contribution < 1.29 is 14.0 Å². The monoisotopic (exact) mass is 351 g/mol. The van der Waals surface area contributed by atoms with E-state index in [1.807, 2.05) is 30.5 Å². The Kier molecular flexibility index (Phi) is 4.48. The summed E-state index contributed by atoms with van der Waals surface area (Å²) in [6, 6.07) is 11.7. The maximum Gasteiger partial charge on any atom is 0.225 e. The largest absolute Gasteiger partial charge is 0.467 e. The Hall–Kier alpha value is -3.02. The van der Waals surface area contributed by atoms with E-state index in [-0.39, 0.29) is 24.2 Å². The van der Waals surface area contributed by atoms with Crippen LogP contribution in [0.1, 0.15) is 17.7 Å². The van der Waals surface area contributed by atoms with Crippen molar-refractivity contribution in [3.05, 3.63) is 60.2 Å². The fraction of sp³-hybridized carbons (Fsp3) is 0.300. The van der Waals surface area contributed by atoms with Gasteiger partial charge >= 0.3 is 0 Å². The molecule has 3 heterocycles. The van der Waals surface area contributed by atoms with Crippen molar-refractivity contribution in [3.63, 3.8) is 0 Å². The Morgan fingerprint density at radius 1 is 1.27 bits per heavy atom. The minimum Gasteiger partial charge on any atom is -0.467 e. The second-order valence-corrected chi connectivity index (χ2v) is 6.66. The summed E-state index contributed by atoms with van der Waals surface area (Å²) in [6.07, 6.45) is 4.60. The number of carbonyl (C=O) groups is 2. The molecule has 3 aromatic rings. The SMILES string of the molecule is O=C(NCCc1c[nH]c2ccccc12)C1CC(=O)N(Cc2ccco2)C1. The van der Waals surface area contributed by atoms with Crippen LogP contribution < -0.4 is 5.32 Å². The van der Waals surface area contributed by atoms with Crippen LogP contribution in [0.3, 0.4) is 0 Å². The standard InChI is InChI=1S/C20H21N3O3/c24-19-10-15(12-23(19)13-16-4-3-9-26-16)20(25)21-8-7-14-11-22-18-6-2-1-5-17(14)18/h1-6,9,11,15,22H,7-8,10,12-13H2,(H,21,25). The van der Waals surface area contributed by atoms with Crippen molar-refractivity contribution >= 4 is 22.7 Å². The molecule has 1 fully saturated rings. The third-order valence-electron chi connectivity index (χ3n) is 4.88. The molecule has 0 aliphatic carbocycles. The van der Waals surface area contributed by atoms with Gasteiger partial charge in [0.2, 0.25) is 11.8 Å². The van der Waals surface area contributed by atoms with E-state index in [2.05, 4.69) is 16.4 Å². The summed E-state index contributed by atoms with van der Waals surface area (Å²) in [4.78, 5) is 29.5. The highest BCUT2D eigenvalue weighted by atomic mass is 16.3. The van der Waals surface area contributed by atoms with Crippen LogP contribution >= 0.6 is 0 Å². The molecule has 1 aromatic carbocycles. The van der Waals surface area contributed by atoms with Crippen molar-refractivity contribution in [1.29, 1.82) is 0 Å². The molecule has 6 heteroatoms. The van der Waals surface area contributed by atoms with Crippen LogP contribution in [0.4, 0.5) is 0 Å². The summed E-state index contributed by atoms with van der Waals surface area (Å²) in [5.41, 5.74) is 2.28. The zero-order valence-corrected chi connectivity index (χ0v) is 14.4. The molecule has 2 amide bonds. The van der Waals surface area contributed by atoms with E-state index in [1.54, 1.807) is 17.2 Å². The van der Waals surface area contributed by atoms with Gasteiger partial charge in [-0.15, -0.1) is 0 Å². The molecule has 2 N–H and O–H groups in total. The molecule has 1 aliphatic rings. The van der Waals surface area contributed by atoms with Crippen molar-refractivity contribution in [1.82, 2.24) is 15.2 Å². The zero-order valence-electron chi connectivity index (χ0n) is 14.4. The molecule has 0 saturated carbocycles. The third-order valence-corrected chi connectivity index (χ3v) is 4.88. The van der Waals surface area contributed by atoms with Gasteiger partial charge in [-0.05, 0) is 30.2 Å². The van der Waals surface area contributed by atoms with Gasteiger partial charge in [0, 0.05) is 36.6 Å². The predicted molar refractivity (Wildman–Crippen MR) is 97.2 cm³/mol. The highest BCUT2D eigenvalue weighted by Crippen LogP contribution is 2.21. The molecule has 0 spiro atoms. The maximum atomic E-state index is 12.4. The number of fused-ring (bicyclic) bond motifs is 1. The minimum absolute atomic E-state index is 0.00169. The molecule has 1 aliphatic heterocycles. The lowest BCUT2D eigenvalue weighted by Gasteiger charge is -2.15. The molecule has 0 bridgehead atoms. The molecule has 1 saturated heterocycles. The average Bonchev–Trinajstić information content (AvgIpc) is 3.37. The number of amides is 2. The number of furan rings is 1. The number of benzene rings is 1. The minimum atomic E-state index is -0.291. The molecule has 0 radical (unpaired) electrons. The van der Waals surface area contributed by atoms with Crippen LogP contribution in [0, 0.1) is 5.92 Å². The first-order valence-corrected chi connectivity index (χ1v) is 8.83. The van der Waals surface area contributed by atoms with Crippen LogP contribution in [0.5, 0.6) is 0 Å². The summed E-state index contributed by atoms with van der Waals surface area (Å²) in [7, 11) is 0. The number of hydrogen-bond acceptors (Lipinski definition) is 3. The van der Waals surface area contributed by atoms with E-state index in [4.69, 9.17) is 4.42 Å². The number of nitrogens with zero attached hydrogens (tertiary/aromatic N) is 1. The van der Waals surface area contributed by atoms with Crippen LogP contribution in [0.25, 0.3) is 10.9 Å². The van der Waals surface area contributed by atoms with Crippen LogP contribution in [-0.4, -0.2) is 34.8 Å². The Labute approximate surface area is 151 Å². The van der Waals surface area contributed by atoms with E-state index < -0.39 is 0 Å². The molecule has 26 heavy (non-hydrogen) atoms. The van der Waals surface area contributed by atoms with Crippen molar-refractivity contribution in [2.24, 2.45) is 5.92 Å². The number of para-hydroxylation sites is 1. The summed E-state index contributed by atoms with van der Waals surface area (Å²) in [5, 5.41) is 4.16. The second-order valence-electron chi connectivity index (χ2n) is 6.66. The topological polar surface area (TPSA) is 78.3 Å². The van der Waals surface area contributed by atoms with Gasteiger partial charge in [0.15, 0.2) is 0 Å². The highest BCUT2D eigenvalue weighted by molar-refractivity contribution is 5.89. The van der Waals surface area contributed by atoms with E-state index >= 15 is 0 Å². The van der Waals surface area contributed by atoms with Gasteiger partial charge in [0.05, 0.1) is 18.7 Å². The first-order valence-electron chi connectivity index (χ1n) is 8.83. The van der Waals surface area contributed by atoms with Gasteiger partial charge in [-0.1, -0.05) is 18.2 Å².